The van der Waals surface area contributed by atoms with Gasteiger partial charge in [-0.2, -0.15) is 0 Å². The van der Waals surface area contributed by atoms with Gasteiger partial charge < -0.3 is 9.88 Å². The molecule has 1 aromatic carbocycles. The number of carbonyl (C=O) groups excluding carboxylic acids is 1. The molecule has 0 bridgehead atoms. The molecule has 0 saturated heterocycles. The molecule has 0 aliphatic rings. The fourth-order valence-corrected chi connectivity index (χ4v) is 2.94. The molecule has 0 unspecified atom stereocenters. The van der Waals surface area contributed by atoms with Crippen molar-refractivity contribution in [2.75, 3.05) is 6.54 Å². The molecule has 24 heavy (non-hydrogen) atoms. The van der Waals surface area contributed by atoms with Gasteiger partial charge in [-0.05, 0) is 30.3 Å². The number of aromatic nitrogens is 4. The van der Waals surface area contributed by atoms with Crippen LogP contribution in [0.3, 0.4) is 0 Å². The van der Waals surface area contributed by atoms with Crippen LogP contribution in [0, 0.1) is 0 Å². The summed E-state index contributed by atoms with van der Waals surface area (Å²) >= 11 is 0. The average molecular weight is 319 g/mol. The van der Waals surface area contributed by atoms with Gasteiger partial charge in [-0.3, -0.25) is 9.20 Å². The summed E-state index contributed by atoms with van der Waals surface area (Å²) in [4.78, 5) is 12.5. The fraction of sp³-hybridized carbons (Fsp3) is 0.167. The van der Waals surface area contributed by atoms with Crippen LogP contribution >= 0.6 is 0 Å². The minimum absolute atomic E-state index is 0.0689. The maximum absolute atomic E-state index is 12.5. The predicted molar refractivity (Wildman–Crippen MR) is 91.9 cm³/mol. The van der Waals surface area contributed by atoms with E-state index in [2.05, 4.69) is 15.5 Å². The van der Waals surface area contributed by atoms with Crippen LogP contribution in [0.1, 0.15) is 16.2 Å². The maximum atomic E-state index is 12.5. The van der Waals surface area contributed by atoms with E-state index < -0.39 is 0 Å². The normalized spacial score (nSPS) is 11.2. The second-order valence-electron chi connectivity index (χ2n) is 5.72. The van der Waals surface area contributed by atoms with Crippen LogP contribution in [-0.4, -0.2) is 31.6 Å². The highest BCUT2D eigenvalue weighted by Gasteiger charge is 2.11. The molecule has 1 amide bonds. The number of amides is 1. The number of hydrogen-bond acceptors (Lipinski definition) is 3. The van der Waals surface area contributed by atoms with E-state index in [9.17, 15) is 4.79 Å². The van der Waals surface area contributed by atoms with Gasteiger partial charge in [0.25, 0.3) is 5.91 Å². The lowest BCUT2D eigenvalue weighted by atomic mass is 10.1. The summed E-state index contributed by atoms with van der Waals surface area (Å²) in [5, 5.41) is 12.2. The summed E-state index contributed by atoms with van der Waals surface area (Å²) in [6, 6.07) is 13.5. The Hall–Kier alpha value is -3.15. The number of hydrogen-bond donors (Lipinski definition) is 1. The van der Waals surface area contributed by atoms with E-state index in [1.807, 2.05) is 70.9 Å². The Morgan fingerprint density at radius 1 is 1.08 bits per heavy atom. The van der Waals surface area contributed by atoms with Gasteiger partial charge in [-0.1, -0.05) is 12.1 Å². The van der Waals surface area contributed by atoms with Crippen molar-refractivity contribution < 1.29 is 4.79 Å². The molecule has 3 aromatic heterocycles. The number of rotatable bonds is 4. The summed E-state index contributed by atoms with van der Waals surface area (Å²) in [7, 11) is 1.97. The van der Waals surface area contributed by atoms with Crippen LogP contribution in [0.15, 0.2) is 54.9 Å². The largest absolute Gasteiger partial charge is 0.352 e. The lowest BCUT2D eigenvalue weighted by Crippen LogP contribution is -2.26. The van der Waals surface area contributed by atoms with Gasteiger partial charge in [0.05, 0.1) is 0 Å². The molecule has 120 valence electrons. The molecule has 6 nitrogen and oxygen atoms in total. The van der Waals surface area contributed by atoms with Crippen molar-refractivity contribution >= 4 is 22.5 Å². The van der Waals surface area contributed by atoms with Gasteiger partial charge >= 0.3 is 0 Å². The van der Waals surface area contributed by atoms with E-state index in [0.29, 0.717) is 18.5 Å². The second-order valence-corrected chi connectivity index (χ2v) is 5.72. The van der Waals surface area contributed by atoms with E-state index in [1.54, 1.807) is 0 Å². The van der Waals surface area contributed by atoms with Crippen LogP contribution in [-0.2, 0) is 13.5 Å². The van der Waals surface area contributed by atoms with Gasteiger partial charge in [0.15, 0.2) is 5.65 Å². The summed E-state index contributed by atoms with van der Waals surface area (Å²) in [6.07, 6.45) is 4.52. The van der Waals surface area contributed by atoms with E-state index in [-0.39, 0.29) is 5.91 Å². The van der Waals surface area contributed by atoms with E-state index in [1.165, 1.54) is 0 Å². The minimum atomic E-state index is -0.0689. The Morgan fingerprint density at radius 3 is 2.92 bits per heavy atom. The first-order chi connectivity index (χ1) is 11.7. The van der Waals surface area contributed by atoms with Crippen molar-refractivity contribution in [1.82, 2.24) is 24.5 Å². The second kappa shape index (κ2) is 5.81. The number of nitrogens with one attached hydrogen (secondary N) is 1. The van der Waals surface area contributed by atoms with Crippen LogP contribution in [0.2, 0.25) is 0 Å². The number of nitrogens with zero attached hydrogens (tertiary/aromatic N) is 4. The lowest BCUT2D eigenvalue weighted by Gasteiger charge is -2.06. The van der Waals surface area contributed by atoms with Crippen molar-refractivity contribution in [2.24, 2.45) is 7.05 Å². The Morgan fingerprint density at radius 2 is 2.00 bits per heavy atom. The predicted octanol–water partition coefficient (Wildman–Crippen LogP) is 2.19. The molecule has 0 fully saturated rings. The topological polar surface area (TPSA) is 64.2 Å². The third-order valence-corrected chi connectivity index (χ3v) is 4.19. The summed E-state index contributed by atoms with van der Waals surface area (Å²) in [6.45, 7) is 0.512. The highest BCUT2D eigenvalue weighted by atomic mass is 16.1. The Balaban J connectivity index is 1.48. The molecule has 0 aliphatic carbocycles. The SMILES string of the molecule is Cn1ccc2c(C(=O)NCCc3nnc4ccccn34)cccc21. The summed E-state index contributed by atoms with van der Waals surface area (Å²) in [5.41, 5.74) is 2.55. The Kier molecular flexibility index (Phi) is 3.49. The third-order valence-electron chi connectivity index (χ3n) is 4.19. The van der Waals surface area contributed by atoms with E-state index in [4.69, 9.17) is 0 Å². The molecule has 1 N–H and O–H groups in total. The number of aryl methyl sites for hydroxylation is 1. The molecule has 0 radical (unpaired) electrons. The lowest BCUT2D eigenvalue weighted by molar-refractivity contribution is 0.0955. The maximum Gasteiger partial charge on any atom is 0.251 e. The van der Waals surface area contributed by atoms with Crippen molar-refractivity contribution in [1.29, 1.82) is 0 Å². The molecule has 6 heteroatoms. The smallest absolute Gasteiger partial charge is 0.251 e. The highest BCUT2D eigenvalue weighted by Crippen LogP contribution is 2.19. The van der Waals surface area contributed by atoms with Crippen molar-refractivity contribution in [3.8, 4) is 0 Å². The summed E-state index contributed by atoms with van der Waals surface area (Å²) < 4.78 is 3.94. The number of benzene rings is 1. The zero-order valence-electron chi connectivity index (χ0n) is 13.3. The van der Waals surface area contributed by atoms with Gasteiger partial charge in [-0.15, -0.1) is 10.2 Å². The van der Waals surface area contributed by atoms with Crippen molar-refractivity contribution in [3.05, 3.63) is 66.2 Å². The van der Waals surface area contributed by atoms with Crippen LogP contribution in [0.25, 0.3) is 16.6 Å². The Labute approximate surface area is 138 Å². The molecule has 4 aromatic rings. The van der Waals surface area contributed by atoms with E-state index >= 15 is 0 Å². The fourth-order valence-electron chi connectivity index (χ4n) is 2.94. The van der Waals surface area contributed by atoms with Gasteiger partial charge in [0, 0.05) is 48.9 Å². The standard InChI is InChI=1S/C18H17N5O/c1-22-12-9-13-14(5-4-6-15(13)22)18(24)19-10-8-17-21-20-16-7-2-3-11-23(16)17/h2-7,9,11-12H,8,10H2,1H3,(H,19,24). The Bertz CT molecular complexity index is 1030. The molecule has 0 saturated carbocycles. The van der Waals surface area contributed by atoms with Crippen LogP contribution in [0.5, 0.6) is 0 Å². The van der Waals surface area contributed by atoms with Crippen molar-refractivity contribution in [2.45, 2.75) is 6.42 Å². The molecule has 4 rings (SSSR count). The number of pyridine rings is 1. The summed E-state index contributed by atoms with van der Waals surface area (Å²) in [5.74, 6) is 0.768. The molecular weight excluding hydrogens is 302 g/mol. The van der Waals surface area contributed by atoms with Gasteiger partial charge in [-0.25, -0.2) is 0 Å². The highest BCUT2D eigenvalue weighted by molar-refractivity contribution is 6.06. The molecule has 0 atom stereocenters. The number of carbonyl (C=O) groups is 1. The van der Waals surface area contributed by atoms with Gasteiger partial charge in [0.2, 0.25) is 0 Å². The van der Waals surface area contributed by atoms with Crippen LogP contribution in [0.4, 0.5) is 0 Å². The van der Waals surface area contributed by atoms with E-state index in [0.717, 1.165) is 22.4 Å². The molecular formula is C18H17N5O. The average Bonchev–Trinajstić information content (AvgIpc) is 3.19. The molecule has 0 aliphatic heterocycles. The first-order valence-corrected chi connectivity index (χ1v) is 7.85. The quantitative estimate of drug-likeness (QED) is 0.627. The first kappa shape index (κ1) is 14.4. The molecule has 3 heterocycles. The first-order valence-electron chi connectivity index (χ1n) is 7.85. The third kappa shape index (κ3) is 2.42. The van der Waals surface area contributed by atoms with Gasteiger partial charge in [0.1, 0.15) is 5.82 Å². The zero-order chi connectivity index (χ0) is 16.5. The monoisotopic (exact) mass is 319 g/mol. The number of fused-ring (bicyclic) bond motifs is 2. The van der Waals surface area contributed by atoms with Crippen molar-refractivity contribution in [3.63, 3.8) is 0 Å². The minimum Gasteiger partial charge on any atom is -0.352 e. The zero-order valence-corrected chi connectivity index (χ0v) is 13.3. The van der Waals surface area contributed by atoms with Crippen LogP contribution < -0.4 is 5.32 Å². The molecule has 0 spiro atoms.